The van der Waals surface area contributed by atoms with Gasteiger partial charge in [0.15, 0.2) is 5.69 Å². The van der Waals surface area contributed by atoms with Gasteiger partial charge in [-0.1, -0.05) is 0 Å². The molecule has 2 aromatic rings. The predicted molar refractivity (Wildman–Crippen MR) is 84.2 cm³/mol. The number of hydrogen-bond donors (Lipinski definition) is 0. The molecule has 0 atom stereocenters. The van der Waals surface area contributed by atoms with Gasteiger partial charge in [-0.05, 0) is 47.1 Å². The number of halogens is 1. The Bertz CT molecular complexity index is 652. The Morgan fingerprint density at radius 2 is 1.91 bits per heavy atom. The number of nitrogens with zero attached hydrogens (tertiary/aromatic N) is 2. The third-order valence-corrected chi connectivity index (χ3v) is 3.79. The highest BCUT2D eigenvalue weighted by atomic mass is 79.9. The van der Waals surface area contributed by atoms with Crippen molar-refractivity contribution in [3.05, 3.63) is 40.1 Å². The summed E-state index contributed by atoms with van der Waals surface area (Å²) >= 11 is 3.38. The first-order valence-electron chi connectivity index (χ1n) is 6.72. The number of aromatic nitrogens is 2. The molecule has 0 spiro atoms. The summed E-state index contributed by atoms with van der Waals surface area (Å²) in [7, 11) is 3.30. The largest absolute Gasteiger partial charge is 0.497 e. The molecule has 118 valence electrons. The fourth-order valence-corrected chi connectivity index (χ4v) is 2.50. The topological polar surface area (TPSA) is 62.6 Å². The molecule has 1 aromatic heterocycles. The average Bonchev–Trinajstić information content (AvgIpc) is 2.80. The monoisotopic (exact) mass is 368 g/mol. The van der Waals surface area contributed by atoms with Gasteiger partial charge in [0.25, 0.3) is 0 Å². The van der Waals surface area contributed by atoms with E-state index in [9.17, 15) is 4.79 Å². The zero-order valence-corrected chi connectivity index (χ0v) is 14.2. The van der Waals surface area contributed by atoms with Gasteiger partial charge < -0.3 is 14.2 Å². The van der Waals surface area contributed by atoms with Crippen molar-refractivity contribution in [2.45, 2.75) is 13.5 Å². The first kappa shape index (κ1) is 16.4. The SMILES string of the molecule is CCOC(=O)c1c(Br)c(COc2ccc(OC)cc2)nn1C. The molecule has 7 heteroatoms. The van der Waals surface area contributed by atoms with Crippen LogP contribution in [0.3, 0.4) is 0 Å². The second-order valence-corrected chi connectivity index (χ2v) is 5.21. The molecule has 1 aromatic carbocycles. The molecule has 0 radical (unpaired) electrons. The van der Waals surface area contributed by atoms with Crippen molar-refractivity contribution in [2.75, 3.05) is 13.7 Å². The maximum Gasteiger partial charge on any atom is 0.357 e. The van der Waals surface area contributed by atoms with E-state index in [1.54, 1.807) is 21.1 Å². The summed E-state index contributed by atoms with van der Waals surface area (Å²) in [6, 6.07) is 7.24. The first-order chi connectivity index (χ1) is 10.6. The minimum Gasteiger partial charge on any atom is -0.497 e. The van der Waals surface area contributed by atoms with E-state index in [2.05, 4.69) is 21.0 Å². The third kappa shape index (κ3) is 3.59. The lowest BCUT2D eigenvalue weighted by Gasteiger charge is -2.05. The molecule has 0 N–H and O–H groups in total. The molecule has 0 unspecified atom stereocenters. The highest BCUT2D eigenvalue weighted by Gasteiger charge is 2.21. The van der Waals surface area contributed by atoms with E-state index in [4.69, 9.17) is 14.2 Å². The van der Waals surface area contributed by atoms with Gasteiger partial charge >= 0.3 is 5.97 Å². The minimum absolute atomic E-state index is 0.236. The van der Waals surface area contributed by atoms with Crippen LogP contribution in [0, 0.1) is 0 Å². The summed E-state index contributed by atoms with van der Waals surface area (Å²) in [5.41, 5.74) is 0.997. The molecule has 0 bridgehead atoms. The van der Waals surface area contributed by atoms with Crippen molar-refractivity contribution in [1.29, 1.82) is 0 Å². The van der Waals surface area contributed by atoms with Crippen LogP contribution in [-0.4, -0.2) is 29.5 Å². The molecule has 2 rings (SSSR count). The second-order valence-electron chi connectivity index (χ2n) is 4.42. The third-order valence-electron chi connectivity index (χ3n) is 2.96. The number of carbonyl (C=O) groups excluding carboxylic acids is 1. The quantitative estimate of drug-likeness (QED) is 0.733. The van der Waals surface area contributed by atoms with Crippen LogP contribution < -0.4 is 9.47 Å². The van der Waals surface area contributed by atoms with Gasteiger partial charge in [0, 0.05) is 7.05 Å². The number of ether oxygens (including phenoxy) is 3. The molecule has 0 amide bonds. The maximum absolute atomic E-state index is 11.9. The summed E-state index contributed by atoms with van der Waals surface area (Å²) in [5.74, 6) is 1.03. The second kappa shape index (κ2) is 7.31. The van der Waals surface area contributed by atoms with Crippen LogP contribution in [0.1, 0.15) is 23.1 Å². The van der Waals surface area contributed by atoms with Crippen molar-refractivity contribution in [1.82, 2.24) is 9.78 Å². The van der Waals surface area contributed by atoms with E-state index in [-0.39, 0.29) is 6.61 Å². The molecule has 0 saturated heterocycles. The zero-order chi connectivity index (χ0) is 16.1. The zero-order valence-electron chi connectivity index (χ0n) is 12.6. The molecule has 0 aliphatic carbocycles. The fraction of sp³-hybridized carbons (Fsp3) is 0.333. The molecular formula is C15H17BrN2O4. The van der Waals surface area contributed by atoms with E-state index >= 15 is 0 Å². The average molecular weight is 369 g/mol. The van der Waals surface area contributed by atoms with Crippen molar-refractivity contribution in [3.8, 4) is 11.5 Å². The summed E-state index contributed by atoms with van der Waals surface area (Å²) in [5, 5.41) is 4.28. The van der Waals surface area contributed by atoms with E-state index < -0.39 is 5.97 Å². The van der Waals surface area contributed by atoms with Gasteiger partial charge in [-0.3, -0.25) is 4.68 Å². The smallest absolute Gasteiger partial charge is 0.357 e. The molecule has 0 aliphatic rings. The Labute approximate surface area is 137 Å². The lowest BCUT2D eigenvalue weighted by Crippen LogP contribution is -2.10. The maximum atomic E-state index is 11.9. The number of hydrogen-bond acceptors (Lipinski definition) is 5. The summed E-state index contributed by atoms with van der Waals surface area (Å²) in [4.78, 5) is 11.9. The van der Waals surface area contributed by atoms with Crippen LogP contribution >= 0.6 is 15.9 Å². The molecule has 22 heavy (non-hydrogen) atoms. The molecule has 6 nitrogen and oxygen atoms in total. The highest BCUT2D eigenvalue weighted by molar-refractivity contribution is 9.10. The molecule has 0 fully saturated rings. The van der Waals surface area contributed by atoms with Gasteiger partial charge in [0.05, 0.1) is 18.2 Å². The Morgan fingerprint density at radius 3 is 2.50 bits per heavy atom. The fourth-order valence-electron chi connectivity index (χ4n) is 1.89. The van der Waals surface area contributed by atoms with Crippen LogP contribution in [0.15, 0.2) is 28.7 Å². The Balaban J connectivity index is 2.09. The number of methoxy groups -OCH3 is 1. The molecule has 0 saturated carbocycles. The number of rotatable bonds is 6. The number of esters is 1. The van der Waals surface area contributed by atoms with Gasteiger partial charge in [-0.25, -0.2) is 4.79 Å². The number of carbonyl (C=O) groups is 1. The van der Waals surface area contributed by atoms with Crippen LogP contribution in [0.2, 0.25) is 0 Å². The normalized spacial score (nSPS) is 10.4. The van der Waals surface area contributed by atoms with E-state index in [0.717, 1.165) is 5.75 Å². The van der Waals surface area contributed by atoms with Crippen LogP contribution in [0.4, 0.5) is 0 Å². The summed E-state index contributed by atoms with van der Waals surface area (Å²) in [6.45, 7) is 2.31. The van der Waals surface area contributed by atoms with Gasteiger partial charge in [0.1, 0.15) is 23.8 Å². The molecular weight excluding hydrogens is 352 g/mol. The van der Waals surface area contributed by atoms with Crippen LogP contribution in [-0.2, 0) is 18.4 Å². The standard InChI is InChI=1S/C15H17BrN2O4/c1-4-21-15(19)14-13(16)12(17-18(14)2)9-22-11-7-5-10(20-3)6-8-11/h5-8H,4,9H2,1-3H3. The van der Waals surface area contributed by atoms with E-state index in [0.29, 0.717) is 28.2 Å². The highest BCUT2D eigenvalue weighted by Crippen LogP contribution is 2.24. The van der Waals surface area contributed by atoms with Gasteiger partial charge in [-0.2, -0.15) is 5.10 Å². The van der Waals surface area contributed by atoms with Crippen molar-refractivity contribution in [2.24, 2.45) is 7.05 Å². The summed E-state index contributed by atoms with van der Waals surface area (Å²) in [6.07, 6.45) is 0. The van der Waals surface area contributed by atoms with Crippen LogP contribution in [0.25, 0.3) is 0 Å². The van der Waals surface area contributed by atoms with Gasteiger partial charge in [-0.15, -0.1) is 0 Å². The van der Waals surface area contributed by atoms with E-state index in [1.807, 2.05) is 24.3 Å². The van der Waals surface area contributed by atoms with Crippen molar-refractivity contribution >= 4 is 21.9 Å². The van der Waals surface area contributed by atoms with Crippen molar-refractivity contribution in [3.63, 3.8) is 0 Å². The van der Waals surface area contributed by atoms with Crippen molar-refractivity contribution < 1.29 is 19.0 Å². The lowest BCUT2D eigenvalue weighted by molar-refractivity contribution is 0.0512. The molecule has 1 heterocycles. The lowest BCUT2D eigenvalue weighted by atomic mass is 10.3. The number of benzene rings is 1. The molecule has 0 aliphatic heterocycles. The minimum atomic E-state index is -0.417. The summed E-state index contributed by atoms with van der Waals surface area (Å²) < 4.78 is 17.8. The Hall–Kier alpha value is -2.02. The number of aryl methyl sites for hydroxylation is 1. The predicted octanol–water partition coefficient (Wildman–Crippen LogP) is 2.95. The van der Waals surface area contributed by atoms with E-state index in [1.165, 1.54) is 4.68 Å². The van der Waals surface area contributed by atoms with Crippen LogP contribution in [0.5, 0.6) is 11.5 Å². The first-order valence-corrected chi connectivity index (χ1v) is 7.51. The Kier molecular flexibility index (Phi) is 5.43. The van der Waals surface area contributed by atoms with Gasteiger partial charge in [0.2, 0.25) is 0 Å². The Morgan fingerprint density at radius 1 is 1.27 bits per heavy atom.